The van der Waals surface area contributed by atoms with Crippen LogP contribution >= 0.6 is 0 Å². The predicted octanol–water partition coefficient (Wildman–Crippen LogP) is 2.45. The van der Waals surface area contributed by atoms with Crippen molar-refractivity contribution in [1.82, 2.24) is 0 Å². The lowest BCUT2D eigenvalue weighted by molar-refractivity contribution is -0.217. The van der Waals surface area contributed by atoms with E-state index in [0.29, 0.717) is 0 Å². The van der Waals surface area contributed by atoms with E-state index in [1.807, 2.05) is 38.1 Å². The van der Waals surface area contributed by atoms with Crippen molar-refractivity contribution >= 4 is 5.97 Å². The van der Waals surface area contributed by atoms with Crippen LogP contribution in [0, 0.1) is 6.92 Å². The van der Waals surface area contributed by atoms with Crippen LogP contribution in [-0.2, 0) is 19.9 Å². The molecule has 3 rings (SSSR count). The van der Waals surface area contributed by atoms with Crippen molar-refractivity contribution in [1.29, 1.82) is 0 Å². The summed E-state index contributed by atoms with van der Waals surface area (Å²) in [4.78, 5) is 11.3. The lowest BCUT2D eigenvalue weighted by atomic mass is 9.85. The highest BCUT2D eigenvalue weighted by atomic mass is 16.7. The number of carbonyl (C=O) groups excluding carboxylic acids is 1. The number of hydrogen-bond donors (Lipinski definition) is 0. The summed E-state index contributed by atoms with van der Waals surface area (Å²) >= 11 is 0. The molecule has 2 aliphatic rings. The summed E-state index contributed by atoms with van der Waals surface area (Å²) in [5, 5.41) is 0. The lowest BCUT2D eigenvalue weighted by Gasteiger charge is -2.45. The van der Waals surface area contributed by atoms with E-state index in [1.54, 1.807) is 6.08 Å². The molecular formula is C15H16O4. The van der Waals surface area contributed by atoms with Gasteiger partial charge in [0.1, 0.15) is 11.4 Å². The maximum Gasteiger partial charge on any atom is 0.303 e. The molecule has 3 unspecified atom stereocenters. The third kappa shape index (κ3) is 1.92. The van der Waals surface area contributed by atoms with Gasteiger partial charge in [0.05, 0.1) is 0 Å². The smallest absolute Gasteiger partial charge is 0.303 e. The fourth-order valence-electron chi connectivity index (χ4n) is 2.59. The maximum absolute atomic E-state index is 11.3. The Balaban J connectivity index is 2.10. The molecule has 0 fully saturated rings. The van der Waals surface area contributed by atoms with Crippen molar-refractivity contribution < 1.29 is 19.0 Å². The van der Waals surface area contributed by atoms with E-state index in [4.69, 9.17) is 14.2 Å². The number of rotatable bonds is 1. The van der Waals surface area contributed by atoms with Crippen molar-refractivity contribution in [2.45, 2.75) is 38.8 Å². The summed E-state index contributed by atoms with van der Waals surface area (Å²) in [5.74, 6) is 0.462. The molecule has 1 aromatic carbocycles. The summed E-state index contributed by atoms with van der Waals surface area (Å²) in [7, 11) is 0. The fraction of sp³-hybridized carbons (Fsp3) is 0.400. The van der Waals surface area contributed by atoms with Crippen LogP contribution in [0.1, 0.15) is 25.0 Å². The average Bonchev–Trinajstić information content (AvgIpc) is 2.34. The molecule has 3 atom stereocenters. The largest absolute Gasteiger partial charge is 0.461 e. The summed E-state index contributed by atoms with van der Waals surface area (Å²) in [6.45, 7) is 5.34. The Hall–Kier alpha value is -1.81. The van der Waals surface area contributed by atoms with Crippen LogP contribution in [0.5, 0.6) is 5.75 Å². The molecule has 0 aromatic heterocycles. The normalized spacial score (nSPS) is 31.3. The second-order valence-electron chi connectivity index (χ2n) is 5.13. The van der Waals surface area contributed by atoms with Crippen LogP contribution in [0.25, 0.3) is 0 Å². The molecule has 100 valence electrons. The first-order chi connectivity index (χ1) is 8.99. The number of ether oxygens (including phenoxy) is 3. The highest BCUT2D eigenvalue weighted by molar-refractivity contribution is 5.66. The Morgan fingerprint density at radius 3 is 2.89 bits per heavy atom. The summed E-state index contributed by atoms with van der Waals surface area (Å²) in [6, 6.07) is 5.94. The standard InChI is InChI=1S/C15H16O4/c1-9-4-5-12-11(8-9)15(3)13(17-10(2)16)6-7-14(18-12)19-15/h4-8,13-14H,1-3H3. The maximum atomic E-state index is 11.3. The molecule has 0 N–H and O–H groups in total. The molecule has 0 radical (unpaired) electrons. The second kappa shape index (κ2) is 4.10. The molecule has 4 heteroatoms. The van der Waals surface area contributed by atoms with Gasteiger partial charge in [0.25, 0.3) is 0 Å². The van der Waals surface area contributed by atoms with Crippen molar-refractivity contribution in [2.75, 3.05) is 0 Å². The molecule has 19 heavy (non-hydrogen) atoms. The predicted molar refractivity (Wildman–Crippen MR) is 68.7 cm³/mol. The summed E-state index contributed by atoms with van der Waals surface area (Å²) < 4.78 is 17.0. The first-order valence-corrected chi connectivity index (χ1v) is 6.30. The van der Waals surface area contributed by atoms with Crippen LogP contribution in [0.4, 0.5) is 0 Å². The van der Waals surface area contributed by atoms with Gasteiger partial charge in [-0.05, 0) is 38.1 Å². The molecule has 1 aromatic rings. The third-order valence-electron chi connectivity index (χ3n) is 3.55. The van der Waals surface area contributed by atoms with Gasteiger partial charge in [0.15, 0.2) is 6.10 Å². The summed E-state index contributed by atoms with van der Waals surface area (Å²) in [5.41, 5.74) is 1.33. The van der Waals surface area contributed by atoms with Crippen molar-refractivity contribution in [3.8, 4) is 5.75 Å². The summed E-state index contributed by atoms with van der Waals surface area (Å²) in [6.07, 6.45) is 2.75. The average molecular weight is 260 g/mol. The molecular weight excluding hydrogens is 244 g/mol. The van der Waals surface area contributed by atoms with Crippen molar-refractivity contribution in [3.05, 3.63) is 41.5 Å². The van der Waals surface area contributed by atoms with Gasteiger partial charge in [-0.2, -0.15) is 0 Å². The van der Waals surface area contributed by atoms with E-state index >= 15 is 0 Å². The zero-order chi connectivity index (χ0) is 13.6. The molecule has 0 saturated heterocycles. The second-order valence-corrected chi connectivity index (χ2v) is 5.13. The minimum absolute atomic E-state index is 0.321. The first kappa shape index (κ1) is 12.2. The van der Waals surface area contributed by atoms with Crippen LogP contribution in [0.2, 0.25) is 0 Å². The van der Waals surface area contributed by atoms with Gasteiger partial charge >= 0.3 is 5.97 Å². The molecule has 2 heterocycles. The van der Waals surface area contributed by atoms with Crippen molar-refractivity contribution in [3.63, 3.8) is 0 Å². The first-order valence-electron chi connectivity index (χ1n) is 6.30. The monoisotopic (exact) mass is 260 g/mol. The van der Waals surface area contributed by atoms with Gasteiger partial charge in [-0.1, -0.05) is 11.6 Å². The lowest BCUT2D eigenvalue weighted by Crippen LogP contribution is -2.50. The van der Waals surface area contributed by atoms with Gasteiger partial charge in [0.2, 0.25) is 6.29 Å². The Kier molecular flexibility index (Phi) is 2.64. The Labute approximate surface area is 112 Å². The van der Waals surface area contributed by atoms with Gasteiger partial charge in [-0.15, -0.1) is 0 Å². The molecule has 0 saturated carbocycles. The van der Waals surface area contributed by atoms with E-state index in [2.05, 4.69) is 0 Å². The molecule has 4 nitrogen and oxygen atoms in total. The van der Waals surface area contributed by atoms with Gasteiger partial charge in [-0.3, -0.25) is 4.79 Å². The van der Waals surface area contributed by atoms with Gasteiger partial charge in [-0.25, -0.2) is 0 Å². The SMILES string of the molecule is CC(=O)OC1C=CC2Oc3ccc(C)cc3C1(C)O2. The van der Waals surface area contributed by atoms with E-state index in [0.717, 1.165) is 16.9 Å². The molecule has 2 bridgehead atoms. The van der Waals surface area contributed by atoms with E-state index in [-0.39, 0.29) is 5.97 Å². The Morgan fingerprint density at radius 2 is 2.16 bits per heavy atom. The zero-order valence-corrected chi connectivity index (χ0v) is 11.2. The van der Waals surface area contributed by atoms with E-state index in [1.165, 1.54) is 6.92 Å². The number of carbonyl (C=O) groups is 1. The minimum Gasteiger partial charge on any atom is -0.461 e. The van der Waals surface area contributed by atoms with Crippen LogP contribution in [0.3, 0.4) is 0 Å². The topological polar surface area (TPSA) is 44.8 Å². The quantitative estimate of drug-likeness (QED) is 0.574. The number of fused-ring (bicyclic) bond motifs is 4. The van der Waals surface area contributed by atoms with Crippen LogP contribution in [0.15, 0.2) is 30.4 Å². The fourth-order valence-corrected chi connectivity index (χ4v) is 2.59. The van der Waals surface area contributed by atoms with Gasteiger partial charge in [0, 0.05) is 12.5 Å². The zero-order valence-electron chi connectivity index (χ0n) is 11.2. The molecule has 0 amide bonds. The highest BCUT2D eigenvalue weighted by Crippen LogP contribution is 2.45. The van der Waals surface area contributed by atoms with E-state index < -0.39 is 18.0 Å². The number of esters is 1. The Morgan fingerprint density at radius 1 is 1.37 bits per heavy atom. The van der Waals surface area contributed by atoms with Crippen molar-refractivity contribution in [2.24, 2.45) is 0 Å². The number of aryl methyl sites for hydroxylation is 1. The van der Waals surface area contributed by atoms with E-state index in [9.17, 15) is 4.79 Å². The minimum atomic E-state index is -0.704. The Bertz CT molecular complexity index is 563. The third-order valence-corrected chi connectivity index (χ3v) is 3.55. The molecule has 0 spiro atoms. The molecule has 0 aliphatic carbocycles. The highest BCUT2D eigenvalue weighted by Gasteiger charge is 2.48. The number of benzene rings is 1. The van der Waals surface area contributed by atoms with Crippen LogP contribution < -0.4 is 4.74 Å². The van der Waals surface area contributed by atoms with Gasteiger partial charge < -0.3 is 14.2 Å². The van der Waals surface area contributed by atoms with Crippen LogP contribution in [-0.4, -0.2) is 18.4 Å². The number of hydrogen-bond acceptors (Lipinski definition) is 4. The molecule has 2 aliphatic heterocycles.